The average Bonchev–Trinajstić information content (AvgIpc) is 3.15. The molecule has 1 amide bonds. The molecule has 0 saturated carbocycles. The number of anilines is 2. The zero-order chi connectivity index (χ0) is 18.6. The normalized spacial score (nSPS) is 14.1. The van der Waals surface area contributed by atoms with E-state index in [1.54, 1.807) is 17.5 Å². The van der Waals surface area contributed by atoms with E-state index in [2.05, 4.69) is 35.3 Å². The predicted octanol–water partition coefficient (Wildman–Crippen LogP) is 1.68. The number of carbonyl (C=O) groups is 1. The molecule has 27 heavy (non-hydrogen) atoms. The molecule has 1 fully saturated rings. The highest BCUT2D eigenvalue weighted by atomic mass is 32.1. The summed E-state index contributed by atoms with van der Waals surface area (Å²) in [5.41, 5.74) is 2.31. The van der Waals surface area contributed by atoms with Crippen LogP contribution in [0.4, 0.5) is 11.6 Å². The van der Waals surface area contributed by atoms with Gasteiger partial charge in [-0.25, -0.2) is 9.97 Å². The zero-order valence-corrected chi connectivity index (χ0v) is 15.8. The second-order valence-electron chi connectivity index (χ2n) is 6.29. The highest BCUT2D eigenvalue weighted by Crippen LogP contribution is 2.23. The fourth-order valence-electron chi connectivity index (χ4n) is 2.94. The van der Waals surface area contributed by atoms with E-state index in [1.165, 1.54) is 4.78 Å². The van der Waals surface area contributed by atoms with Gasteiger partial charge in [-0.2, -0.15) is 0 Å². The third kappa shape index (κ3) is 4.18. The number of benzene rings is 1. The van der Waals surface area contributed by atoms with Gasteiger partial charge in [0.2, 0.25) is 5.95 Å². The molecule has 0 spiro atoms. The number of thiophene rings is 1. The van der Waals surface area contributed by atoms with Crippen LogP contribution < -0.4 is 10.1 Å². The predicted molar refractivity (Wildman–Crippen MR) is 110 cm³/mol. The maximum Gasteiger partial charge on any atom is 0.254 e. The van der Waals surface area contributed by atoms with Crippen molar-refractivity contribution in [1.29, 1.82) is 0 Å². The number of carbonyl (C=O) groups excluding carboxylic acids is 1. The molecule has 3 heterocycles. The van der Waals surface area contributed by atoms with Gasteiger partial charge in [0.15, 0.2) is 7.85 Å². The van der Waals surface area contributed by atoms with Crippen molar-refractivity contribution in [3.63, 3.8) is 0 Å². The van der Waals surface area contributed by atoms with Gasteiger partial charge in [-0.15, -0.1) is 11.3 Å². The molecule has 1 aromatic carbocycles. The van der Waals surface area contributed by atoms with Crippen LogP contribution in [0, 0.1) is 0 Å². The lowest BCUT2D eigenvalue weighted by Crippen LogP contribution is -2.40. The van der Waals surface area contributed by atoms with Crippen molar-refractivity contribution in [2.45, 2.75) is 0 Å². The van der Waals surface area contributed by atoms with Gasteiger partial charge < -0.3 is 15.0 Å². The van der Waals surface area contributed by atoms with E-state index in [-0.39, 0.29) is 5.91 Å². The third-order valence-corrected chi connectivity index (χ3v) is 5.34. The summed E-state index contributed by atoms with van der Waals surface area (Å²) in [4.78, 5) is 24.5. The topological polar surface area (TPSA) is 67.4 Å². The molecule has 136 valence electrons. The summed E-state index contributed by atoms with van der Waals surface area (Å²) < 4.78 is 6.56. The highest BCUT2D eigenvalue weighted by Gasteiger charge is 2.18. The van der Waals surface area contributed by atoms with E-state index in [9.17, 15) is 4.79 Å². The molecular weight excluding hydrogens is 359 g/mol. The molecule has 1 N–H and O–H groups in total. The number of morpholine rings is 1. The number of aromatic nitrogens is 2. The minimum Gasteiger partial charge on any atom is -0.378 e. The molecule has 4 rings (SSSR count). The van der Waals surface area contributed by atoms with Gasteiger partial charge in [0.1, 0.15) is 0 Å². The molecule has 1 saturated heterocycles. The zero-order valence-electron chi connectivity index (χ0n) is 15.0. The number of nitrogens with zero attached hydrogens (tertiary/aromatic N) is 3. The number of rotatable bonds is 4. The first kappa shape index (κ1) is 17.7. The van der Waals surface area contributed by atoms with Crippen molar-refractivity contribution in [3.8, 4) is 10.6 Å². The molecule has 3 aromatic rings. The van der Waals surface area contributed by atoms with Crippen molar-refractivity contribution in [3.05, 3.63) is 54.2 Å². The summed E-state index contributed by atoms with van der Waals surface area (Å²) in [6.45, 7) is 2.43. The monoisotopic (exact) mass is 378 g/mol. The minimum absolute atomic E-state index is 0.0191. The Morgan fingerprint density at radius 2 is 2.04 bits per heavy atom. The molecule has 1 aliphatic rings. The molecule has 8 heteroatoms. The Balaban J connectivity index is 1.52. The number of nitrogens with one attached hydrogen (secondary N) is 1. The fraction of sp³-hybridized carbons (Fsp3) is 0.211. The Bertz CT molecular complexity index is 956. The third-order valence-electron chi connectivity index (χ3n) is 4.31. The average molecular weight is 378 g/mol. The van der Waals surface area contributed by atoms with Crippen molar-refractivity contribution in [1.82, 2.24) is 14.9 Å². The van der Waals surface area contributed by atoms with Crippen molar-refractivity contribution < 1.29 is 9.53 Å². The summed E-state index contributed by atoms with van der Waals surface area (Å²) >= 11 is 1.70. The van der Waals surface area contributed by atoms with Crippen LogP contribution in [0.1, 0.15) is 10.4 Å². The minimum atomic E-state index is 0.0191. The Kier molecular flexibility index (Phi) is 5.17. The Hall–Kier alpha value is -2.71. The number of hydrogen-bond donors (Lipinski definition) is 1. The summed E-state index contributed by atoms with van der Waals surface area (Å²) in [7, 11) is 2.07. The SMILES string of the molecule is Bc1ccc(-c2ccnc(Nc3cccc(C(=O)N4CCOCC4)c3)n2)s1. The Morgan fingerprint density at radius 3 is 2.81 bits per heavy atom. The van der Waals surface area contributed by atoms with E-state index in [4.69, 9.17) is 4.74 Å². The second-order valence-corrected chi connectivity index (χ2v) is 7.57. The first-order chi connectivity index (χ1) is 13.2. The van der Waals surface area contributed by atoms with Gasteiger partial charge in [0.25, 0.3) is 5.91 Å². The Labute approximate surface area is 162 Å². The summed E-state index contributed by atoms with van der Waals surface area (Å²) in [5.74, 6) is 0.528. The van der Waals surface area contributed by atoms with Crippen LogP contribution in [0.2, 0.25) is 0 Å². The molecule has 0 bridgehead atoms. The first-order valence-electron chi connectivity index (χ1n) is 8.83. The molecule has 0 unspecified atom stereocenters. The molecule has 0 atom stereocenters. The van der Waals surface area contributed by atoms with E-state index in [0.29, 0.717) is 37.8 Å². The molecule has 0 radical (unpaired) electrons. The molecular formula is C19H19BN4O2S. The van der Waals surface area contributed by atoms with Crippen LogP contribution in [0.25, 0.3) is 10.6 Å². The fourth-order valence-corrected chi connectivity index (χ4v) is 3.77. The standard InChI is InChI=1S/C19H19BN4O2S/c20-17-5-4-16(27-17)15-6-7-21-19(23-15)22-14-3-1-2-13(12-14)18(25)24-8-10-26-11-9-24/h1-7,12H,8-11,20H2,(H,21,22,23). The second kappa shape index (κ2) is 7.90. The van der Waals surface area contributed by atoms with Gasteiger partial charge in [-0.05, 0) is 35.1 Å². The molecule has 6 nitrogen and oxygen atoms in total. The Morgan fingerprint density at radius 1 is 1.19 bits per heavy atom. The van der Waals surface area contributed by atoms with Crippen LogP contribution in [-0.2, 0) is 4.74 Å². The van der Waals surface area contributed by atoms with Gasteiger partial charge in [-0.3, -0.25) is 4.79 Å². The first-order valence-corrected chi connectivity index (χ1v) is 9.65. The maximum absolute atomic E-state index is 12.7. The van der Waals surface area contributed by atoms with E-state index in [0.717, 1.165) is 16.3 Å². The van der Waals surface area contributed by atoms with Crippen molar-refractivity contribution in [2.24, 2.45) is 0 Å². The summed E-state index contributed by atoms with van der Waals surface area (Å²) in [5, 5.41) is 3.21. The number of ether oxygens (including phenoxy) is 1. The molecule has 1 aliphatic heterocycles. The maximum atomic E-state index is 12.7. The quantitative estimate of drug-likeness (QED) is 0.700. The van der Waals surface area contributed by atoms with E-state index >= 15 is 0 Å². The lowest BCUT2D eigenvalue weighted by molar-refractivity contribution is 0.0303. The van der Waals surface area contributed by atoms with Gasteiger partial charge in [0.05, 0.1) is 23.8 Å². The number of amides is 1. The highest BCUT2D eigenvalue weighted by molar-refractivity contribution is 7.23. The largest absolute Gasteiger partial charge is 0.378 e. The van der Waals surface area contributed by atoms with Crippen LogP contribution in [0.3, 0.4) is 0 Å². The lowest BCUT2D eigenvalue weighted by Gasteiger charge is -2.27. The van der Waals surface area contributed by atoms with Crippen molar-refractivity contribution in [2.75, 3.05) is 31.6 Å². The van der Waals surface area contributed by atoms with Crippen LogP contribution in [-0.4, -0.2) is 54.9 Å². The lowest BCUT2D eigenvalue weighted by atomic mass is 10.1. The van der Waals surface area contributed by atoms with Crippen LogP contribution in [0.15, 0.2) is 48.7 Å². The van der Waals surface area contributed by atoms with E-state index < -0.39 is 0 Å². The van der Waals surface area contributed by atoms with Gasteiger partial charge in [0, 0.05) is 30.5 Å². The van der Waals surface area contributed by atoms with Gasteiger partial charge >= 0.3 is 0 Å². The van der Waals surface area contributed by atoms with Crippen LogP contribution in [0.5, 0.6) is 0 Å². The van der Waals surface area contributed by atoms with Crippen LogP contribution >= 0.6 is 11.3 Å². The molecule has 2 aromatic heterocycles. The van der Waals surface area contributed by atoms with E-state index in [1.807, 2.05) is 35.2 Å². The smallest absolute Gasteiger partial charge is 0.254 e. The van der Waals surface area contributed by atoms with Crippen molar-refractivity contribution >= 4 is 41.5 Å². The summed E-state index contributed by atoms with van der Waals surface area (Å²) in [6, 6.07) is 13.5. The number of hydrogen-bond acceptors (Lipinski definition) is 6. The summed E-state index contributed by atoms with van der Waals surface area (Å²) in [6.07, 6.45) is 1.74. The van der Waals surface area contributed by atoms with Gasteiger partial charge in [-0.1, -0.05) is 12.1 Å². The molecule has 0 aliphatic carbocycles.